The summed E-state index contributed by atoms with van der Waals surface area (Å²) in [5.41, 5.74) is 3.71. The van der Waals surface area contributed by atoms with Crippen molar-refractivity contribution in [3.63, 3.8) is 0 Å². The second-order valence-electron chi connectivity index (χ2n) is 8.38. The van der Waals surface area contributed by atoms with Crippen LogP contribution in [0.5, 0.6) is 0 Å². The van der Waals surface area contributed by atoms with Crippen LogP contribution in [0.2, 0.25) is 0 Å². The molecule has 2 N–H and O–H groups in total. The quantitative estimate of drug-likeness (QED) is 0.428. The van der Waals surface area contributed by atoms with Crippen molar-refractivity contribution in [1.29, 1.82) is 0 Å². The van der Waals surface area contributed by atoms with Crippen LogP contribution in [0.1, 0.15) is 15.9 Å². The average molecular weight is 489 g/mol. The molecule has 2 aromatic heterocycles. The van der Waals surface area contributed by atoms with Gasteiger partial charge >= 0.3 is 0 Å². The van der Waals surface area contributed by atoms with Gasteiger partial charge in [-0.3, -0.25) is 19.8 Å². The monoisotopic (exact) mass is 488 g/mol. The van der Waals surface area contributed by atoms with E-state index in [0.717, 1.165) is 11.1 Å². The lowest BCUT2D eigenvalue weighted by atomic mass is 10.1. The molecule has 1 saturated heterocycles. The molecule has 9 nitrogen and oxygen atoms in total. The first-order valence-corrected chi connectivity index (χ1v) is 13.0. The Morgan fingerprint density at radius 2 is 1.80 bits per heavy atom. The second-order valence-corrected chi connectivity index (χ2v) is 10.7. The van der Waals surface area contributed by atoms with Crippen molar-refractivity contribution in [2.45, 2.75) is 6.54 Å². The first-order chi connectivity index (χ1) is 16.9. The van der Waals surface area contributed by atoms with E-state index in [9.17, 15) is 13.2 Å². The van der Waals surface area contributed by atoms with Gasteiger partial charge in [0.15, 0.2) is 21.5 Å². The summed E-state index contributed by atoms with van der Waals surface area (Å²) >= 11 is 0. The van der Waals surface area contributed by atoms with Crippen LogP contribution in [-0.4, -0.2) is 64.0 Å². The molecule has 1 fully saturated rings. The van der Waals surface area contributed by atoms with E-state index in [2.05, 4.69) is 30.4 Å². The number of nitrogens with one attached hydrogen (secondary N) is 2. The number of aromatic amines is 1. The number of rotatable bonds is 6. The number of benzene rings is 2. The molecule has 10 heteroatoms. The van der Waals surface area contributed by atoms with Gasteiger partial charge in [0.05, 0.1) is 11.5 Å². The Balaban J connectivity index is 1.22. The lowest BCUT2D eigenvalue weighted by Crippen LogP contribution is -2.39. The summed E-state index contributed by atoms with van der Waals surface area (Å²) in [6, 6.07) is 20.3. The van der Waals surface area contributed by atoms with E-state index in [1.165, 1.54) is 0 Å². The second kappa shape index (κ2) is 9.77. The number of aromatic nitrogens is 4. The number of nitrogens with zero attached hydrogens (tertiary/aromatic N) is 4. The molecule has 0 aliphatic carbocycles. The fraction of sp³-hybridized carbons (Fsp3) is 0.200. The summed E-state index contributed by atoms with van der Waals surface area (Å²) < 4.78 is 23.3. The number of H-pyrrole nitrogens is 1. The lowest BCUT2D eigenvalue weighted by Gasteiger charge is -2.26. The Hall–Kier alpha value is -3.89. The molecule has 0 bridgehead atoms. The molecule has 0 spiro atoms. The van der Waals surface area contributed by atoms with Gasteiger partial charge in [-0.15, -0.1) is 0 Å². The number of hydrogen-bond donors (Lipinski definition) is 2. The highest BCUT2D eigenvalue weighted by molar-refractivity contribution is 7.91. The minimum Gasteiger partial charge on any atom is -0.322 e. The van der Waals surface area contributed by atoms with Gasteiger partial charge in [-0.05, 0) is 54.1 Å². The number of sulfone groups is 1. The molecule has 0 unspecified atom stereocenters. The molecule has 0 atom stereocenters. The number of carbonyl (C=O) groups excluding carboxylic acids is 1. The molecule has 1 amide bonds. The first-order valence-electron chi connectivity index (χ1n) is 11.2. The summed E-state index contributed by atoms with van der Waals surface area (Å²) in [5.74, 6) is 1.28. The van der Waals surface area contributed by atoms with Gasteiger partial charge < -0.3 is 5.32 Å². The maximum absolute atomic E-state index is 12.8. The summed E-state index contributed by atoms with van der Waals surface area (Å²) in [7, 11) is -2.91. The van der Waals surface area contributed by atoms with Crippen LogP contribution in [0, 0.1) is 0 Å². The number of pyridine rings is 1. The van der Waals surface area contributed by atoms with Crippen molar-refractivity contribution in [2.24, 2.45) is 0 Å². The lowest BCUT2D eigenvalue weighted by molar-refractivity contribution is 0.102. The largest absolute Gasteiger partial charge is 0.322 e. The zero-order valence-corrected chi connectivity index (χ0v) is 19.7. The zero-order valence-electron chi connectivity index (χ0n) is 18.9. The predicted molar refractivity (Wildman–Crippen MR) is 133 cm³/mol. The van der Waals surface area contributed by atoms with Crippen LogP contribution in [0.15, 0.2) is 72.9 Å². The van der Waals surface area contributed by atoms with Crippen molar-refractivity contribution < 1.29 is 13.2 Å². The Bertz CT molecular complexity index is 1420. The molecular formula is C25H24N6O3S. The predicted octanol–water partition coefficient (Wildman–Crippen LogP) is 3.02. The van der Waals surface area contributed by atoms with E-state index in [1.54, 1.807) is 12.3 Å². The molecule has 1 aliphatic heterocycles. The molecular weight excluding hydrogens is 464 g/mol. The summed E-state index contributed by atoms with van der Waals surface area (Å²) in [5, 5.41) is 10.1. The topological polar surface area (TPSA) is 121 Å². The van der Waals surface area contributed by atoms with Gasteiger partial charge in [0.1, 0.15) is 5.69 Å². The van der Waals surface area contributed by atoms with E-state index >= 15 is 0 Å². The highest BCUT2D eigenvalue weighted by Gasteiger charge is 2.21. The molecule has 4 aromatic rings. The number of amides is 1. The molecule has 1 aliphatic rings. The molecule has 0 radical (unpaired) electrons. The van der Waals surface area contributed by atoms with Gasteiger partial charge in [-0.2, -0.15) is 5.10 Å². The Morgan fingerprint density at radius 1 is 1.00 bits per heavy atom. The van der Waals surface area contributed by atoms with Gasteiger partial charge in [-0.1, -0.05) is 18.2 Å². The van der Waals surface area contributed by atoms with Crippen LogP contribution in [0.4, 0.5) is 5.69 Å². The maximum atomic E-state index is 12.8. The minimum atomic E-state index is -2.91. The molecule has 5 rings (SSSR count). The van der Waals surface area contributed by atoms with Crippen molar-refractivity contribution in [3.8, 4) is 22.9 Å². The molecule has 2 aromatic carbocycles. The van der Waals surface area contributed by atoms with Crippen molar-refractivity contribution in [2.75, 3.05) is 29.9 Å². The van der Waals surface area contributed by atoms with E-state index in [4.69, 9.17) is 0 Å². The fourth-order valence-electron chi connectivity index (χ4n) is 3.89. The van der Waals surface area contributed by atoms with Crippen molar-refractivity contribution in [3.05, 3.63) is 84.1 Å². The molecule has 35 heavy (non-hydrogen) atoms. The fourth-order valence-corrected chi connectivity index (χ4v) is 5.17. The number of hydrogen-bond acceptors (Lipinski definition) is 7. The van der Waals surface area contributed by atoms with Crippen LogP contribution < -0.4 is 5.32 Å². The van der Waals surface area contributed by atoms with Crippen molar-refractivity contribution >= 4 is 21.4 Å². The first kappa shape index (κ1) is 22.9. The standard InChI is InChI=1S/C25H24N6O3S/c32-25(20-5-3-4-18(16-20)17-31-12-14-35(33,34)15-13-31)27-21-9-7-19(8-10-21)23-28-24(30-29-23)22-6-1-2-11-26-22/h1-11,16H,12-15,17H2,(H,27,32)(H,28,29,30). The zero-order chi connectivity index (χ0) is 24.3. The van der Waals surface area contributed by atoms with Crippen LogP contribution in [0.3, 0.4) is 0 Å². The molecule has 3 heterocycles. The van der Waals surface area contributed by atoms with Crippen LogP contribution >= 0.6 is 0 Å². The van der Waals surface area contributed by atoms with E-state index < -0.39 is 9.84 Å². The summed E-state index contributed by atoms with van der Waals surface area (Å²) in [6.07, 6.45) is 1.69. The van der Waals surface area contributed by atoms with E-state index in [-0.39, 0.29) is 17.4 Å². The van der Waals surface area contributed by atoms with Crippen LogP contribution in [-0.2, 0) is 16.4 Å². The Kier molecular flexibility index (Phi) is 6.39. The van der Waals surface area contributed by atoms with Gasteiger partial charge in [-0.25, -0.2) is 13.4 Å². The number of carbonyl (C=O) groups is 1. The minimum absolute atomic E-state index is 0.182. The van der Waals surface area contributed by atoms with E-state index in [0.29, 0.717) is 48.2 Å². The van der Waals surface area contributed by atoms with Crippen LogP contribution in [0.25, 0.3) is 22.9 Å². The smallest absolute Gasteiger partial charge is 0.255 e. The van der Waals surface area contributed by atoms with Gasteiger partial charge in [0.2, 0.25) is 0 Å². The number of anilines is 1. The normalized spacial score (nSPS) is 15.5. The Labute approximate surface area is 203 Å². The van der Waals surface area contributed by atoms with Gasteiger partial charge in [0, 0.05) is 42.6 Å². The van der Waals surface area contributed by atoms with Crippen molar-refractivity contribution in [1.82, 2.24) is 25.1 Å². The van der Waals surface area contributed by atoms with E-state index in [1.807, 2.05) is 60.7 Å². The average Bonchev–Trinajstić information content (AvgIpc) is 3.37. The van der Waals surface area contributed by atoms with Gasteiger partial charge in [0.25, 0.3) is 5.91 Å². The molecule has 178 valence electrons. The third kappa shape index (κ3) is 5.61. The highest BCUT2D eigenvalue weighted by Crippen LogP contribution is 2.21. The third-order valence-electron chi connectivity index (χ3n) is 5.83. The summed E-state index contributed by atoms with van der Waals surface area (Å²) in [4.78, 5) is 23.7. The highest BCUT2D eigenvalue weighted by atomic mass is 32.2. The third-order valence-corrected chi connectivity index (χ3v) is 7.44. The molecule has 0 saturated carbocycles. The summed E-state index contributed by atoms with van der Waals surface area (Å²) in [6.45, 7) is 1.64. The Morgan fingerprint density at radius 3 is 2.54 bits per heavy atom. The maximum Gasteiger partial charge on any atom is 0.255 e. The SMILES string of the molecule is O=C(Nc1ccc(-c2nc(-c3ccccn3)n[nH]2)cc1)c1cccc(CN2CCS(=O)(=O)CC2)c1.